The highest BCUT2D eigenvalue weighted by atomic mass is 19.4. The van der Waals surface area contributed by atoms with E-state index >= 15 is 0 Å². The Balaban J connectivity index is 2.05. The highest BCUT2D eigenvalue weighted by Gasteiger charge is 2.33. The molecule has 0 bridgehead atoms. The largest absolute Gasteiger partial charge is 0.416 e. The summed E-state index contributed by atoms with van der Waals surface area (Å²) in [5.74, 6) is 0. The lowest BCUT2D eigenvalue weighted by Gasteiger charge is -2.18. The Bertz CT molecular complexity index is 1030. The number of benzene rings is 2. The van der Waals surface area contributed by atoms with Crippen molar-refractivity contribution in [2.75, 3.05) is 0 Å². The van der Waals surface area contributed by atoms with E-state index in [1.54, 1.807) is 6.92 Å². The second-order valence-electron chi connectivity index (χ2n) is 6.73. The van der Waals surface area contributed by atoms with Crippen LogP contribution >= 0.6 is 0 Å². The van der Waals surface area contributed by atoms with Gasteiger partial charge in [-0.2, -0.15) is 13.2 Å². The Morgan fingerprint density at radius 2 is 1.81 bits per heavy atom. The Hall–Kier alpha value is -2.82. The molecule has 5 heteroatoms. The van der Waals surface area contributed by atoms with Crippen LogP contribution in [0.25, 0.3) is 5.69 Å². The van der Waals surface area contributed by atoms with E-state index in [1.165, 1.54) is 17.7 Å². The maximum Gasteiger partial charge on any atom is 0.416 e. The molecule has 0 fully saturated rings. The van der Waals surface area contributed by atoms with E-state index in [0.717, 1.165) is 23.4 Å². The number of fused-ring (bicyclic) bond motifs is 3. The van der Waals surface area contributed by atoms with Gasteiger partial charge in [-0.05, 0) is 42.7 Å². The van der Waals surface area contributed by atoms with E-state index in [9.17, 15) is 13.2 Å². The van der Waals surface area contributed by atoms with Gasteiger partial charge in [-0.1, -0.05) is 37.3 Å². The number of alkyl halides is 3. The van der Waals surface area contributed by atoms with Gasteiger partial charge in [0.25, 0.3) is 0 Å². The molecule has 0 atom stereocenters. The third-order valence-corrected chi connectivity index (χ3v) is 5.03. The summed E-state index contributed by atoms with van der Waals surface area (Å²) in [6, 6.07) is 13.9. The molecule has 0 saturated carbocycles. The van der Waals surface area contributed by atoms with E-state index in [-0.39, 0.29) is 0 Å². The fourth-order valence-electron chi connectivity index (χ4n) is 3.74. The molecule has 3 aromatic rings. The molecule has 1 aliphatic rings. The first-order valence-electron chi connectivity index (χ1n) is 8.91. The monoisotopic (exact) mass is 368 g/mol. The molecule has 2 heterocycles. The van der Waals surface area contributed by atoms with Crippen molar-refractivity contribution in [2.45, 2.75) is 33.0 Å². The lowest BCUT2D eigenvalue weighted by molar-refractivity contribution is -0.137. The quantitative estimate of drug-likeness (QED) is 0.551. The smallest absolute Gasteiger partial charge is 0.318 e. The molecule has 2 aromatic carbocycles. The molecule has 0 amide bonds. The minimum Gasteiger partial charge on any atom is -0.318 e. The number of rotatable bonds is 2. The van der Waals surface area contributed by atoms with E-state index in [2.05, 4.69) is 6.92 Å². The third kappa shape index (κ3) is 2.97. The fourth-order valence-corrected chi connectivity index (χ4v) is 3.74. The van der Waals surface area contributed by atoms with E-state index < -0.39 is 11.7 Å². The molecule has 0 N–H and O–H groups in total. The third-order valence-electron chi connectivity index (χ3n) is 5.03. The molecule has 2 nitrogen and oxygen atoms in total. The van der Waals surface area contributed by atoms with Crippen molar-refractivity contribution in [2.24, 2.45) is 4.99 Å². The van der Waals surface area contributed by atoms with E-state index in [0.29, 0.717) is 23.4 Å². The summed E-state index contributed by atoms with van der Waals surface area (Å²) in [5.41, 5.74) is 4.86. The molecule has 0 saturated heterocycles. The van der Waals surface area contributed by atoms with Crippen LogP contribution < -0.4 is 0 Å². The molecule has 138 valence electrons. The van der Waals surface area contributed by atoms with Crippen molar-refractivity contribution in [3.63, 3.8) is 0 Å². The van der Waals surface area contributed by atoms with Gasteiger partial charge in [0.1, 0.15) is 0 Å². The van der Waals surface area contributed by atoms with Crippen molar-refractivity contribution >= 4 is 5.71 Å². The molecule has 0 spiro atoms. The number of hydrogen-bond donors (Lipinski definition) is 0. The first-order valence-corrected chi connectivity index (χ1v) is 8.91. The molecule has 1 aromatic heterocycles. The highest BCUT2D eigenvalue weighted by molar-refractivity contribution is 6.15. The zero-order valence-corrected chi connectivity index (χ0v) is 15.1. The summed E-state index contributed by atoms with van der Waals surface area (Å²) in [7, 11) is 0. The van der Waals surface area contributed by atoms with Gasteiger partial charge in [-0.25, -0.2) is 0 Å². The molecule has 0 unspecified atom stereocenters. The van der Waals surface area contributed by atoms with E-state index in [4.69, 9.17) is 4.99 Å². The number of halogens is 3. The van der Waals surface area contributed by atoms with Crippen LogP contribution in [0.1, 0.15) is 40.4 Å². The Morgan fingerprint density at radius 3 is 2.48 bits per heavy atom. The van der Waals surface area contributed by atoms with Gasteiger partial charge in [0.15, 0.2) is 0 Å². The van der Waals surface area contributed by atoms with Gasteiger partial charge >= 0.3 is 6.18 Å². The van der Waals surface area contributed by atoms with Crippen molar-refractivity contribution in [3.8, 4) is 5.69 Å². The maximum atomic E-state index is 13.5. The first kappa shape index (κ1) is 17.6. The molecular formula is C22H19F3N2. The Kier molecular flexibility index (Phi) is 4.17. The van der Waals surface area contributed by atoms with Crippen LogP contribution in [-0.2, 0) is 19.1 Å². The number of nitrogens with zero attached hydrogens (tertiary/aromatic N) is 2. The average molecular weight is 368 g/mol. The molecule has 0 aliphatic carbocycles. The van der Waals surface area contributed by atoms with Crippen LogP contribution in [-0.4, -0.2) is 10.3 Å². The average Bonchev–Trinajstić information content (AvgIpc) is 2.96. The second-order valence-corrected chi connectivity index (χ2v) is 6.73. The molecule has 27 heavy (non-hydrogen) atoms. The van der Waals surface area contributed by atoms with Gasteiger partial charge in [-0.3, -0.25) is 4.99 Å². The van der Waals surface area contributed by atoms with Gasteiger partial charge in [-0.15, -0.1) is 0 Å². The van der Waals surface area contributed by atoms with Crippen molar-refractivity contribution in [3.05, 3.63) is 88.2 Å². The number of hydrogen-bond acceptors (Lipinski definition) is 1. The summed E-state index contributed by atoms with van der Waals surface area (Å²) >= 11 is 0. The van der Waals surface area contributed by atoms with Crippen LogP contribution in [0.3, 0.4) is 0 Å². The maximum absolute atomic E-state index is 13.5. The van der Waals surface area contributed by atoms with E-state index in [1.807, 2.05) is 47.2 Å². The topological polar surface area (TPSA) is 17.3 Å². The normalized spacial score (nSPS) is 13.6. The molecule has 4 rings (SSSR count). The van der Waals surface area contributed by atoms with Gasteiger partial charge < -0.3 is 4.57 Å². The van der Waals surface area contributed by atoms with Crippen molar-refractivity contribution < 1.29 is 13.2 Å². The van der Waals surface area contributed by atoms with Gasteiger partial charge in [0, 0.05) is 23.0 Å². The number of aliphatic imine (C=N–C) groups is 1. The van der Waals surface area contributed by atoms with Gasteiger partial charge in [0.05, 0.1) is 23.5 Å². The first-order chi connectivity index (χ1) is 12.9. The van der Waals surface area contributed by atoms with Crippen LogP contribution in [0.15, 0.2) is 59.7 Å². The van der Waals surface area contributed by atoms with Gasteiger partial charge in [0.2, 0.25) is 0 Å². The lowest BCUT2D eigenvalue weighted by atomic mass is 9.95. The number of aromatic nitrogens is 1. The van der Waals surface area contributed by atoms with Crippen LogP contribution in [0.2, 0.25) is 0 Å². The Morgan fingerprint density at radius 1 is 1.07 bits per heavy atom. The SMILES string of the molecule is CCc1ccn2c1CN=C(c1ccccc1)c1cc(C(F)(F)F)cc(C)c1-2. The van der Waals surface area contributed by atoms with Crippen LogP contribution in [0.4, 0.5) is 13.2 Å². The Labute approximate surface area is 156 Å². The van der Waals surface area contributed by atoms with Crippen molar-refractivity contribution in [1.29, 1.82) is 0 Å². The summed E-state index contributed by atoms with van der Waals surface area (Å²) in [6.45, 7) is 4.25. The zero-order valence-electron chi connectivity index (χ0n) is 15.1. The van der Waals surface area contributed by atoms with Crippen LogP contribution in [0.5, 0.6) is 0 Å². The second kappa shape index (κ2) is 6.41. The van der Waals surface area contributed by atoms with Crippen LogP contribution in [0, 0.1) is 6.92 Å². The minimum atomic E-state index is -4.40. The lowest BCUT2D eigenvalue weighted by Crippen LogP contribution is -2.13. The standard InChI is InChI=1S/C22H19F3N2/c1-3-15-9-10-27-19(15)13-26-20(16-7-5-4-6-8-16)18-12-17(22(23,24)25)11-14(2)21(18)27/h4-12H,3,13H2,1-2H3. The summed E-state index contributed by atoms with van der Waals surface area (Å²) < 4.78 is 42.4. The molecule has 1 aliphatic heterocycles. The number of aryl methyl sites for hydroxylation is 2. The summed E-state index contributed by atoms with van der Waals surface area (Å²) in [5, 5.41) is 0. The minimum absolute atomic E-state index is 0.440. The molecule has 0 radical (unpaired) electrons. The highest BCUT2D eigenvalue weighted by Crippen LogP contribution is 2.36. The van der Waals surface area contributed by atoms with Crippen molar-refractivity contribution in [1.82, 2.24) is 4.57 Å². The zero-order chi connectivity index (χ0) is 19.2. The molecular weight excluding hydrogens is 349 g/mol. The fraction of sp³-hybridized carbons (Fsp3) is 0.227. The summed E-state index contributed by atoms with van der Waals surface area (Å²) in [6.07, 6.45) is -1.60. The predicted molar refractivity (Wildman–Crippen MR) is 101 cm³/mol. The summed E-state index contributed by atoms with van der Waals surface area (Å²) in [4.78, 5) is 4.75. The predicted octanol–water partition coefficient (Wildman–Crippen LogP) is 5.72.